The number of hydrogen-bond donors (Lipinski definition) is 1. The van der Waals surface area contributed by atoms with Gasteiger partial charge >= 0.3 is 0 Å². The predicted octanol–water partition coefficient (Wildman–Crippen LogP) is 3.01. The molecule has 130 valence electrons. The first-order valence-corrected chi connectivity index (χ1v) is 10.0. The summed E-state index contributed by atoms with van der Waals surface area (Å²) in [6, 6.07) is 6.03. The molecule has 0 radical (unpaired) electrons. The number of halogens is 1. The molecule has 0 fully saturated rings. The van der Waals surface area contributed by atoms with Gasteiger partial charge in [0.2, 0.25) is 10.0 Å². The zero-order valence-electron chi connectivity index (χ0n) is 13.6. The fourth-order valence-corrected chi connectivity index (χ4v) is 3.98. The van der Waals surface area contributed by atoms with Gasteiger partial charge < -0.3 is 5.32 Å². The standard InChI is InChI=1S/C16H19ClN2O3S2/c1-11(8-12-6-7-23-10-12)18-16(20)14-9-13(4-5-15(14)17)24(21,22)19(2)3/h4-7,9-11H,8H2,1-3H3,(H,18,20). The van der Waals surface area contributed by atoms with Gasteiger partial charge in [-0.15, -0.1) is 0 Å². The van der Waals surface area contributed by atoms with Gasteiger partial charge in [-0.1, -0.05) is 11.6 Å². The molecule has 1 unspecified atom stereocenters. The average molecular weight is 387 g/mol. The summed E-state index contributed by atoms with van der Waals surface area (Å²) in [6.45, 7) is 1.89. The fraction of sp³-hybridized carbons (Fsp3) is 0.312. The van der Waals surface area contributed by atoms with E-state index in [0.717, 1.165) is 9.87 Å². The monoisotopic (exact) mass is 386 g/mol. The summed E-state index contributed by atoms with van der Waals surface area (Å²) >= 11 is 7.68. The highest BCUT2D eigenvalue weighted by Gasteiger charge is 2.21. The molecule has 0 aliphatic rings. The molecule has 2 rings (SSSR count). The van der Waals surface area contributed by atoms with Gasteiger partial charge in [-0.25, -0.2) is 12.7 Å². The van der Waals surface area contributed by atoms with Crippen LogP contribution in [0.1, 0.15) is 22.8 Å². The van der Waals surface area contributed by atoms with Crippen molar-refractivity contribution in [3.63, 3.8) is 0 Å². The summed E-state index contributed by atoms with van der Waals surface area (Å²) in [5, 5.41) is 7.08. The van der Waals surface area contributed by atoms with E-state index in [0.29, 0.717) is 6.42 Å². The van der Waals surface area contributed by atoms with Crippen LogP contribution >= 0.6 is 22.9 Å². The third kappa shape index (κ3) is 4.36. The van der Waals surface area contributed by atoms with Gasteiger partial charge in [-0.3, -0.25) is 4.79 Å². The molecule has 1 atom stereocenters. The highest BCUT2D eigenvalue weighted by Crippen LogP contribution is 2.22. The van der Waals surface area contributed by atoms with Crippen molar-refractivity contribution in [1.29, 1.82) is 0 Å². The summed E-state index contributed by atoms with van der Waals surface area (Å²) < 4.78 is 25.5. The van der Waals surface area contributed by atoms with Crippen molar-refractivity contribution in [2.45, 2.75) is 24.3 Å². The Morgan fingerprint density at radius 3 is 2.62 bits per heavy atom. The molecule has 0 spiro atoms. The first-order valence-electron chi connectivity index (χ1n) is 7.26. The molecule has 5 nitrogen and oxygen atoms in total. The number of carbonyl (C=O) groups is 1. The van der Waals surface area contributed by atoms with E-state index < -0.39 is 15.9 Å². The number of carbonyl (C=O) groups excluding carboxylic acids is 1. The number of thiophene rings is 1. The number of benzene rings is 1. The minimum atomic E-state index is -3.62. The molecule has 1 aromatic carbocycles. The van der Waals surface area contributed by atoms with Crippen LogP contribution in [0, 0.1) is 0 Å². The molecule has 1 aromatic heterocycles. The Morgan fingerprint density at radius 1 is 1.33 bits per heavy atom. The van der Waals surface area contributed by atoms with Gasteiger partial charge in [0.05, 0.1) is 15.5 Å². The predicted molar refractivity (Wildman–Crippen MR) is 97.3 cm³/mol. The summed E-state index contributed by atoms with van der Waals surface area (Å²) in [7, 11) is -0.749. The van der Waals surface area contributed by atoms with Gasteiger partial charge in [0.1, 0.15) is 0 Å². The van der Waals surface area contributed by atoms with E-state index in [-0.39, 0.29) is 21.5 Å². The van der Waals surface area contributed by atoms with E-state index >= 15 is 0 Å². The normalized spacial score (nSPS) is 13.0. The third-order valence-electron chi connectivity index (χ3n) is 3.46. The fourth-order valence-electron chi connectivity index (χ4n) is 2.16. The zero-order valence-corrected chi connectivity index (χ0v) is 16.0. The van der Waals surface area contributed by atoms with Crippen LogP contribution in [0.15, 0.2) is 39.9 Å². The van der Waals surface area contributed by atoms with Crippen LogP contribution in [-0.4, -0.2) is 38.8 Å². The van der Waals surface area contributed by atoms with Crippen molar-refractivity contribution in [2.24, 2.45) is 0 Å². The topological polar surface area (TPSA) is 66.5 Å². The average Bonchev–Trinajstić information content (AvgIpc) is 2.99. The van der Waals surface area contributed by atoms with Gasteiger partial charge in [-0.05, 0) is 53.9 Å². The van der Waals surface area contributed by atoms with E-state index in [1.54, 1.807) is 11.3 Å². The highest BCUT2D eigenvalue weighted by atomic mass is 35.5. The maximum atomic E-state index is 12.5. The maximum Gasteiger partial charge on any atom is 0.253 e. The number of nitrogens with one attached hydrogen (secondary N) is 1. The molecule has 2 aromatic rings. The quantitative estimate of drug-likeness (QED) is 0.829. The molecular formula is C16H19ClN2O3S2. The first kappa shape index (κ1) is 18.9. The van der Waals surface area contributed by atoms with E-state index in [2.05, 4.69) is 5.32 Å². The van der Waals surface area contributed by atoms with Crippen molar-refractivity contribution < 1.29 is 13.2 Å². The lowest BCUT2D eigenvalue weighted by Crippen LogP contribution is -2.34. The second kappa shape index (κ2) is 7.65. The van der Waals surface area contributed by atoms with Gasteiger partial charge in [0, 0.05) is 20.1 Å². The molecule has 24 heavy (non-hydrogen) atoms. The van der Waals surface area contributed by atoms with Crippen molar-refractivity contribution in [3.8, 4) is 0 Å². The molecular weight excluding hydrogens is 368 g/mol. The van der Waals surface area contributed by atoms with Crippen LogP contribution < -0.4 is 5.32 Å². The van der Waals surface area contributed by atoms with Crippen molar-refractivity contribution in [3.05, 3.63) is 51.2 Å². The molecule has 8 heteroatoms. The molecule has 1 amide bonds. The number of rotatable bonds is 6. The molecule has 1 N–H and O–H groups in total. The first-order chi connectivity index (χ1) is 11.2. The third-order valence-corrected chi connectivity index (χ3v) is 6.33. The van der Waals surface area contributed by atoms with Crippen LogP contribution in [0.3, 0.4) is 0 Å². The van der Waals surface area contributed by atoms with E-state index in [1.165, 1.54) is 32.3 Å². The Bertz CT molecular complexity index is 818. The Labute approximate surface area is 151 Å². The molecule has 0 saturated heterocycles. The second-order valence-corrected chi connectivity index (χ2v) is 8.98. The smallest absolute Gasteiger partial charge is 0.253 e. The van der Waals surface area contributed by atoms with Crippen molar-refractivity contribution in [2.75, 3.05) is 14.1 Å². The number of hydrogen-bond acceptors (Lipinski definition) is 4. The number of nitrogens with zero attached hydrogens (tertiary/aromatic N) is 1. The summed E-state index contributed by atoms with van der Waals surface area (Å²) in [4.78, 5) is 12.5. The van der Waals surface area contributed by atoms with E-state index in [1.807, 2.05) is 23.8 Å². The lowest BCUT2D eigenvalue weighted by atomic mass is 10.1. The largest absolute Gasteiger partial charge is 0.349 e. The second-order valence-electron chi connectivity index (χ2n) is 5.64. The van der Waals surface area contributed by atoms with Crippen LogP contribution in [0.5, 0.6) is 0 Å². The van der Waals surface area contributed by atoms with Crippen LogP contribution in [0.2, 0.25) is 5.02 Å². The number of sulfonamides is 1. The highest BCUT2D eigenvalue weighted by molar-refractivity contribution is 7.89. The molecule has 0 aliphatic carbocycles. The Morgan fingerprint density at radius 2 is 2.04 bits per heavy atom. The van der Waals surface area contributed by atoms with Crippen molar-refractivity contribution >= 4 is 38.9 Å². The Balaban J connectivity index is 2.20. The Hall–Kier alpha value is -1.41. The van der Waals surface area contributed by atoms with Crippen LogP contribution in [-0.2, 0) is 16.4 Å². The Kier molecular flexibility index (Phi) is 6.03. The lowest BCUT2D eigenvalue weighted by molar-refractivity contribution is 0.0940. The summed E-state index contributed by atoms with van der Waals surface area (Å²) in [5.74, 6) is -0.390. The minimum absolute atomic E-state index is 0.0348. The summed E-state index contributed by atoms with van der Waals surface area (Å²) in [5.41, 5.74) is 1.29. The van der Waals surface area contributed by atoms with Gasteiger partial charge in [-0.2, -0.15) is 11.3 Å². The lowest BCUT2D eigenvalue weighted by Gasteiger charge is -2.16. The zero-order chi connectivity index (χ0) is 17.9. The molecule has 0 saturated carbocycles. The van der Waals surface area contributed by atoms with E-state index in [9.17, 15) is 13.2 Å². The number of amides is 1. The molecule has 0 aliphatic heterocycles. The minimum Gasteiger partial charge on any atom is -0.349 e. The van der Waals surface area contributed by atoms with E-state index in [4.69, 9.17) is 11.6 Å². The molecule has 1 heterocycles. The van der Waals surface area contributed by atoms with Gasteiger partial charge in [0.15, 0.2) is 0 Å². The SMILES string of the molecule is CC(Cc1ccsc1)NC(=O)c1cc(S(=O)(=O)N(C)C)ccc1Cl. The maximum absolute atomic E-state index is 12.5. The van der Waals surface area contributed by atoms with Crippen LogP contribution in [0.4, 0.5) is 0 Å². The van der Waals surface area contributed by atoms with Crippen molar-refractivity contribution in [1.82, 2.24) is 9.62 Å². The summed E-state index contributed by atoms with van der Waals surface area (Å²) in [6.07, 6.45) is 0.697. The van der Waals surface area contributed by atoms with Crippen LogP contribution in [0.25, 0.3) is 0 Å². The molecule has 0 bridgehead atoms. The van der Waals surface area contributed by atoms with Gasteiger partial charge in [0.25, 0.3) is 5.91 Å².